The number of hydrogen-bond acceptors (Lipinski definition) is 4. The van der Waals surface area contributed by atoms with Gasteiger partial charge in [-0.25, -0.2) is 13.4 Å². The van der Waals surface area contributed by atoms with E-state index in [0.29, 0.717) is 15.6 Å². The molecule has 0 saturated heterocycles. The molecule has 1 aromatic carbocycles. The molecule has 8 heteroatoms. The Morgan fingerprint density at radius 3 is 2.76 bits per heavy atom. The fourth-order valence-corrected chi connectivity index (χ4v) is 3.93. The molecule has 1 aromatic heterocycles. The van der Waals surface area contributed by atoms with Gasteiger partial charge in [-0.2, -0.15) is 0 Å². The summed E-state index contributed by atoms with van der Waals surface area (Å²) in [6.07, 6.45) is 1.48. The van der Waals surface area contributed by atoms with Gasteiger partial charge in [-0.3, -0.25) is 4.72 Å². The number of nitrogens with one attached hydrogen (secondary N) is 1. The second kappa shape index (κ2) is 6.31. The number of halogens is 2. The minimum Gasteiger partial charge on any atom is -0.392 e. The maximum absolute atomic E-state index is 12.5. The predicted octanol–water partition coefficient (Wildman–Crippen LogP) is 3.10. The lowest BCUT2D eigenvalue weighted by molar-refractivity contribution is 0.280. The van der Waals surface area contributed by atoms with Crippen molar-refractivity contribution in [1.82, 2.24) is 4.98 Å². The number of sulfonamides is 1. The highest BCUT2D eigenvalue weighted by molar-refractivity contribution is 9.10. The number of benzene rings is 1. The Morgan fingerprint density at radius 2 is 2.14 bits per heavy atom. The maximum atomic E-state index is 12.5. The number of hydrogen-bond donors (Lipinski definition) is 2. The summed E-state index contributed by atoms with van der Waals surface area (Å²) in [5, 5.41) is 9.51. The van der Waals surface area contributed by atoms with Gasteiger partial charge >= 0.3 is 0 Å². The van der Waals surface area contributed by atoms with Gasteiger partial charge in [0.05, 0.1) is 16.0 Å². The normalized spacial score (nSPS) is 11.4. The van der Waals surface area contributed by atoms with Crippen molar-refractivity contribution >= 4 is 43.4 Å². The third-order valence-electron chi connectivity index (χ3n) is 2.88. The first-order chi connectivity index (χ1) is 9.85. The summed E-state index contributed by atoms with van der Waals surface area (Å²) in [4.78, 5) is 3.97. The molecule has 2 rings (SSSR count). The highest BCUT2D eigenvalue weighted by Gasteiger charge is 2.21. The molecule has 0 radical (unpaired) electrons. The molecule has 112 valence electrons. The van der Waals surface area contributed by atoms with Crippen LogP contribution < -0.4 is 4.72 Å². The SMILES string of the molecule is Cc1c(CO)cc(Cl)cc1S(=O)(=O)Nc1ncccc1Br. The number of aliphatic hydroxyl groups is 1. The Hall–Kier alpha value is -1.15. The zero-order valence-electron chi connectivity index (χ0n) is 11.0. The Kier molecular flexibility index (Phi) is 4.88. The molecule has 2 aromatic rings. The van der Waals surface area contributed by atoms with Crippen molar-refractivity contribution in [3.63, 3.8) is 0 Å². The van der Waals surface area contributed by atoms with Gasteiger partial charge in [0, 0.05) is 11.2 Å². The van der Waals surface area contributed by atoms with E-state index in [1.807, 2.05) is 0 Å². The summed E-state index contributed by atoms with van der Waals surface area (Å²) >= 11 is 9.14. The van der Waals surface area contributed by atoms with Crippen molar-refractivity contribution in [3.05, 3.63) is 51.1 Å². The first-order valence-corrected chi connectivity index (χ1v) is 8.54. The van der Waals surface area contributed by atoms with Gasteiger partial charge in [-0.15, -0.1) is 0 Å². The van der Waals surface area contributed by atoms with Gasteiger partial charge < -0.3 is 5.11 Å². The molecule has 0 atom stereocenters. The maximum Gasteiger partial charge on any atom is 0.263 e. The number of rotatable bonds is 4. The molecule has 0 saturated carbocycles. The number of nitrogens with zero attached hydrogens (tertiary/aromatic N) is 1. The Balaban J connectivity index is 2.50. The van der Waals surface area contributed by atoms with Crippen molar-refractivity contribution in [2.24, 2.45) is 0 Å². The van der Waals surface area contributed by atoms with Gasteiger partial charge in [0.25, 0.3) is 10.0 Å². The van der Waals surface area contributed by atoms with Crippen molar-refractivity contribution in [2.75, 3.05) is 4.72 Å². The molecule has 0 fully saturated rings. The minimum absolute atomic E-state index is 0.0107. The molecule has 0 spiro atoms. The molecule has 2 N–H and O–H groups in total. The van der Waals surface area contributed by atoms with Gasteiger partial charge in [-0.05, 0) is 58.2 Å². The standard InChI is InChI=1S/C13H12BrClN2O3S/c1-8-9(7-18)5-10(15)6-12(8)21(19,20)17-13-11(14)3-2-4-16-13/h2-6,18H,7H2,1H3,(H,16,17). The minimum atomic E-state index is -3.86. The van der Waals surface area contributed by atoms with E-state index in [4.69, 9.17) is 11.6 Å². The van der Waals surface area contributed by atoms with E-state index < -0.39 is 10.0 Å². The van der Waals surface area contributed by atoms with Crippen LogP contribution in [0.1, 0.15) is 11.1 Å². The van der Waals surface area contributed by atoms with Crippen LogP contribution in [0.2, 0.25) is 5.02 Å². The highest BCUT2D eigenvalue weighted by atomic mass is 79.9. The highest BCUT2D eigenvalue weighted by Crippen LogP contribution is 2.27. The zero-order chi connectivity index (χ0) is 15.6. The first kappa shape index (κ1) is 16.2. The lowest BCUT2D eigenvalue weighted by Gasteiger charge is -2.13. The first-order valence-electron chi connectivity index (χ1n) is 5.88. The molecular weight excluding hydrogens is 380 g/mol. The van der Waals surface area contributed by atoms with Crippen LogP contribution in [0.25, 0.3) is 0 Å². The quantitative estimate of drug-likeness (QED) is 0.839. The van der Waals surface area contributed by atoms with E-state index >= 15 is 0 Å². The van der Waals surface area contributed by atoms with Crippen molar-refractivity contribution in [2.45, 2.75) is 18.4 Å². The van der Waals surface area contributed by atoms with E-state index in [9.17, 15) is 13.5 Å². The van der Waals surface area contributed by atoms with Crippen molar-refractivity contribution in [3.8, 4) is 0 Å². The summed E-state index contributed by atoms with van der Waals surface area (Å²) in [7, 11) is -3.86. The van der Waals surface area contributed by atoms with Crippen LogP contribution in [0, 0.1) is 6.92 Å². The topological polar surface area (TPSA) is 79.3 Å². The van der Waals surface area contributed by atoms with E-state index in [1.54, 1.807) is 19.1 Å². The van der Waals surface area contributed by atoms with Gasteiger partial charge in [0.15, 0.2) is 5.82 Å². The number of anilines is 1. The van der Waals surface area contributed by atoms with Crippen LogP contribution >= 0.6 is 27.5 Å². The lowest BCUT2D eigenvalue weighted by atomic mass is 10.1. The van der Waals surface area contributed by atoms with E-state index in [0.717, 1.165) is 0 Å². The van der Waals surface area contributed by atoms with Crippen LogP contribution in [0.3, 0.4) is 0 Å². The molecule has 5 nitrogen and oxygen atoms in total. The number of pyridine rings is 1. The smallest absolute Gasteiger partial charge is 0.263 e. The molecular formula is C13H12BrClN2O3S. The van der Waals surface area contributed by atoms with Crippen LogP contribution in [0.5, 0.6) is 0 Å². The largest absolute Gasteiger partial charge is 0.392 e. The molecule has 1 heterocycles. The average molecular weight is 392 g/mol. The second-order valence-corrected chi connectivity index (χ2v) is 7.23. The Labute approximate surface area is 136 Å². The third kappa shape index (κ3) is 3.55. The summed E-state index contributed by atoms with van der Waals surface area (Å²) in [5.74, 6) is 0.183. The number of aromatic nitrogens is 1. The Bertz CT molecular complexity index is 781. The number of aliphatic hydroxyl groups excluding tert-OH is 1. The Morgan fingerprint density at radius 1 is 1.43 bits per heavy atom. The zero-order valence-corrected chi connectivity index (χ0v) is 14.1. The second-order valence-electron chi connectivity index (χ2n) is 4.29. The van der Waals surface area contributed by atoms with Gasteiger partial charge in [0.1, 0.15) is 0 Å². The predicted molar refractivity (Wildman–Crippen MR) is 84.9 cm³/mol. The molecule has 0 aliphatic carbocycles. The van der Waals surface area contributed by atoms with E-state index in [1.165, 1.54) is 18.3 Å². The summed E-state index contributed by atoms with van der Waals surface area (Å²) in [5.41, 5.74) is 0.907. The fraction of sp³-hybridized carbons (Fsp3) is 0.154. The molecule has 0 aliphatic heterocycles. The van der Waals surface area contributed by atoms with Gasteiger partial charge in [0.2, 0.25) is 0 Å². The van der Waals surface area contributed by atoms with E-state index in [-0.39, 0.29) is 22.3 Å². The van der Waals surface area contributed by atoms with E-state index in [2.05, 4.69) is 25.6 Å². The average Bonchev–Trinajstić information content (AvgIpc) is 2.43. The van der Waals surface area contributed by atoms with Crippen molar-refractivity contribution < 1.29 is 13.5 Å². The fourth-order valence-electron chi connectivity index (χ4n) is 1.79. The lowest BCUT2D eigenvalue weighted by Crippen LogP contribution is -2.16. The van der Waals surface area contributed by atoms with Crippen LogP contribution in [0.4, 0.5) is 5.82 Å². The summed E-state index contributed by atoms with van der Waals surface area (Å²) < 4.78 is 27.9. The summed E-state index contributed by atoms with van der Waals surface area (Å²) in [6.45, 7) is 1.33. The molecule has 0 aliphatic rings. The van der Waals surface area contributed by atoms with Crippen LogP contribution in [0.15, 0.2) is 39.8 Å². The van der Waals surface area contributed by atoms with Crippen LogP contribution in [-0.4, -0.2) is 18.5 Å². The molecule has 0 unspecified atom stereocenters. The van der Waals surface area contributed by atoms with Crippen molar-refractivity contribution in [1.29, 1.82) is 0 Å². The summed E-state index contributed by atoms with van der Waals surface area (Å²) in [6, 6.07) is 6.23. The van der Waals surface area contributed by atoms with Crippen LogP contribution in [-0.2, 0) is 16.6 Å². The third-order valence-corrected chi connectivity index (χ3v) is 5.21. The molecule has 21 heavy (non-hydrogen) atoms. The molecule has 0 amide bonds. The molecule has 0 bridgehead atoms. The monoisotopic (exact) mass is 390 g/mol. The van der Waals surface area contributed by atoms with Gasteiger partial charge in [-0.1, -0.05) is 11.6 Å².